The van der Waals surface area contributed by atoms with Crippen LogP contribution in [0.5, 0.6) is 5.75 Å². The second kappa shape index (κ2) is 7.50. The molecule has 2 N–H and O–H groups in total. The summed E-state index contributed by atoms with van der Waals surface area (Å²) in [6.45, 7) is 7.02. The van der Waals surface area contributed by atoms with Crippen molar-refractivity contribution in [3.05, 3.63) is 34.6 Å². The van der Waals surface area contributed by atoms with E-state index in [4.69, 9.17) is 20.2 Å². The van der Waals surface area contributed by atoms with Crippen LogP contribution in [0.15, 0.2) is 29.1 Å². The van der Waals surface area contributed by atoms with Crippen molar-refractivity contribution >= 4 is 27.9 Å². The van der Waals surface area contributed by atoms with E-state index < -0.39 is 0 Å². The molecule has 142 valence electrons. The number of para-hydroxylation sites is 1. The predicted molar refractivity (Wildman–Crippen MR) is 104 cm³/mol. The normalized spacial score (nSPS) is 15.4. The van der Waals surface area contributed by atoms with Gasteiger partial charge in [0.05, 0.1) is 30.7 Å². The summed E-state index contributed by atoms with van der Waals surface area (Å²) in [5.41, 5.74) is 7.61. The maximum absolute atomic E-state index is 12.6. The first-order valence-corrected chi connectivity index (χ1v) is 9.20. The van der Waals surface area contributed by atoms with Crippen molar-refractivity contribution < 1.29 is 9.47 Å². The van der Waals surface area contributed by atoms with Crippen LogP contribution in [-0.4, -0.2) is 58.9 Å². The molecule has 8 heteroatoms. The Kier molecular flexibility index (Phi) is 4.91. The quantitative estimate of drug-likeness (QED) is 0.723. The number of ether oxygens (including phenoxy) is 2. The van der Waals surface area contributed by atoms with Crippen molar-refractivity contribution in [1.29, 1.82) is 0 Å². The summed E-state index contributed by atoms with van der Waals surface area (Å²) in [5.74, 6) is 0.883. The molecule has 3 aromatic rings. The number of hydrogen-bond acceptors (Lipinski definition) is 7. The van der Waals surface area contributed by atoms with Gasteiger partial charge in [-0.2, -0.15) is 0 Å². The minimum absolute atomic E-state index is 0.334. The molecule has 0 amide bonds. The Morgan fingerprint density at radius 1 is 1.19 bits per heavy atom. The zero-order valence-corrected chi connectivity index (χ0v) is 15.4. The predicted octanol–water partition coefficient (Wildman–Crippen LogP) is 1.26. The highest BCUT2D eigenvalue weighted by atomic mass is 16.5. The van der Waals surface area contributed by atoms with Crippen molar-refractivity contribution in [1.82, 2.24) is 19.4 Å². The van der Waals surface area contributed by atoms with E-state index in [-0.39, 0.29) is 5.56 Å². The van der Waals surface area contributed by atoms with Crippen molar-refractivity contribution in [2.45, 2.75) is 13.5 Å². The summed E-state index contributed by atoms with van der Waals surface area (Å²) in [4.78, 5) is 23.9. The van der Waals surface area contributed by atoms with Crippen LogP contribution in [0.25, 0.3) is 22.1 Å². The van der Waals surface area contributed by atoms with Gasteiger partial charge in [0.1, 0.15) is 0 Å². The van der Waals surface area contributed by atoms with Gasteiger partial charge in [-0.15, -0.1) is 0 Å². The molecule has 0 unspecified atom stereocenters. The molecule has 4 rings (SSSR count). The highest BCUT2D eigenvalue weighted by Crippen LogP contribution is 2.33. The fourth-order valence-electron chi connectivity index (χ4n) is 3.41. The molecule has 27 heavy (non-hydrogen) atoms. The topological polar surface area (TPSA) is 95.5 Å². The van der Waals surface area contributed by atoms with Crippen molar-refractivity contribution in [2.24, 2.45) is 0 Å². The van der Waals surface area contributed by atoms with E-state index in [1.807, 2.05) is 29.7 Å². The summed E-state index contributed by atoms with van der Waals surface area (Å²) in [5, 5.41) is 0.481. The number of morpholine rings is 1. The van der Waals surface area contributed by atoms with E-state index in [9.17, 15) is 4.79 Å². The molecule has 1 saturated heterocycles. The molecule has 8 nitrogen and oxygen atoms in total. The number of nitrogens with two attached hydrogens (primary N) is 1. The van der Waals surface area contributed by atoms with E-state index in [2.05, 4.69) is 9.88 Å². The molecule has 0 saturated carbocycles. The van der Waals surface area contributed by atoms with Gasteiger partial charge < -0.3 is 19.8 Å². The Hall–Kier alpha value is -2.71. The third-order valence-corrected chi connectivity index (χ3v) is 4.81. The fraction of sp³-hybridized carbons (Fsp3) is 0.421. The molecule has 0 bridgehead atoms. The minimum Gasteiger partial charge on any atom is -0.488 e. The van der Waals surface area contributed by atoms with Gasteiger partial charge >= 0.3 is 0 Å². The monoisotopic (exact) mass is 369 g/mol. The van der Waals surface area contributed by atoms with Gasteiger partial charge in [-0.05, 0) is 19.1 Å². The van der Waals surface area contributed by atoms with Crippen LogP contribution in [0, 0.1) is 0 Å². The van der Waals surface area contributed by atoms with Crippen LogP contribution in [0.4, 0.5) is 5.82 Å². The third-order valence-electron chi connectivity index (χ3n) is 4.81. The van der Waals surface area contributed by atoms with E-state index in [0.29, 0.717) is 46.8 Å². The Morgan fingerprint density at radius 2 is 1.96 bits per heavy atom. The molecule has 0 aliphatic carbocycles. The van der Waals surface area contributed by atoms with Gasteiger partial charge in [-0.3, -0.25) is 9.69 Å². The van der Waals surface area contributed by atoms with Gasteiger partial charge in [-0.1, -0.05) is 12.1 Å². The minimum atomic E-state index is -0.334. The number of aromatic nitrogens is 3. The lowest BCUT2D eigenvalue weighted by Crippen LogP contribution is -2.38. The summed E-state index contributed by atoms with van der Waals surface area (Å²) in [6, 6.07) is 7.21. The number of rotatable bonds is 5. The van der Waals surface area contributed by atoms with Crippen LogP contribution in [0.1, 0.15) is 6.92 Å². The second-order valence-electron chi connectivity index (χ2n) is 6.47. The lowest BCUT2D eigenvalue weighted by Gasteiger charge is -2.26. The molecule has 1 aliphatic heterocycles. The number of fused-ring (bicyclic) bond motifs is 2. The smallest absolute Gasteiger partial charge is 0.279 e. The summed E-state index contributed by atoms with van der Waals surface area (Å²) in [7, 11) is 0. The Labute approximate surface area is 156 Å². The Morgan fingerprint density at radius 3 is 2.74 bits per heavy atom. The Bertz CT molecular complexity index is 1030. The largest absolute Gasteiger partial charge is 0.488 e. The van der Waals surface area contributed by atoms with Gasteiger partial charge in [0.15, 0.2) is 22.7 Å². The van der Waals surface area contributed by atoms with E-state index in [0.717, 1.165) is 32.8 Å². The zero-order valence-electron chi connectivity index (χ0n) is 15.4. The lowest BCUT2D eigenvalue weighted by atomic mass is 10.2. The van der Waals surface area contributed by atoms with Gasteiger partial charge in [0.2, 0.25) is 0 Å². The molecule has 0 radical (unpaired) electrons. The maximum Gasteiger partial charge on any atom is 0.279 e. The average Bonchev–Trinajstić information content (AvgIpc) is 2.83. The van der Waals surface area contributed by atoms with Crippen molar-refractivity contribution in [3.63, 3.8) is 0 Å². The van der Waals surface area contributed by atoms with Gasteiger partial charge in [-0.25, -0.2) is 9.97 Å². The van der Waals surface area contributed by atoms with Crippen LogP contribution >= 0.6 is 0 Å². The Balaban J connectivity index is 1.85. The van der Waals surface area contributed by atoms with Crippen LogP contribution in [-0.2, 0) is 11.3 Å². The molecular weight excluding hydrogens is 346 g/mol. The third kappa shape index (κ3) is 3.33. The van der Waals surface area contributed by atoms with Gasteiger partial charge in [0.25, 0.3) is 5.56 Å². The van der Waals surface area contributed by atoms with Crippen LogP contribution in [0.2, 0.25) is 0 Å². The second-order valence-corrected chi connectivity index (χ2v) is 6.47. The molecule has 2 aromatic heterocycles. The molecular formula is C19H23N5O3. The van der Waals surface area contributed by atoms with E-state index >= 15 is 0 Å². The summed E-state index contributed by atoms with van der Waals surface area (Å²) < 4.78 is 13.0. The summed E-state index contributed by atoms with van der Waals surface area (Å²) >= 11 is 0. The number of benzene rings is 1. The zero-order chi connectivity index (χ0) is 18.8. The highest BCUT2D eigenvalue weighted by Gasteiger charge is 2.20. The van der Waals surface area contributed by atoms with Crippen LogP contribution < -0.4 is 16.0 Å². The van der Waals surface area contributed by atoms with E-state index in [1.165, 1.54) is 0 Å². The first kappa shape index (κ1) is 17.7. The molecule has 0 atom stereocenters. The maximum atomic E-state index is 12.6. The number of nitrogen functional groups attached to an aromatic ring is 1. The molecule has 1 aromatic carbocycles. The first-order chi connectivity index (χ1) is 13.2. The molecule has 0 spiro atoms. The number of anilines is 1. The van der Waals surface area contributed by atoms with Crippen LogP contribution in [0.3, 0.4) is 0 Å². The molecule has 1 fully saturated rings. The van der Waals surface area contributed by atoms with Gasteiger partial charge in [0, 0.05) is 26.2 Å². The number of nitrogens with zero attached hydrogens (tertiary/aromatic N) is 4. The standard InChI is InChI=1S/C19H23N5O3/c1-2-27-16-15-18(21-14-6-4-3-5-13(14)19(25)22-15)24(17(16)20)8-7-23-9-11-26-12-10-23/h3-6H,2,7-12,20H2,1H3. The molecule has 3 heterocycles. The average molecular weight is 369 g/mol. The van der Waals surface area contributed by atoms with E-state index in [1.54, 1.807) is 6.07 Å². The van der Waals surface area contributed by atoms with Crippen molar-refractivity contribution in [2.75, 3.05) is 45.2 Å². The highest BCUT2D eigenvalue weighted by molar-refractivity contribution is 5.90. The van der Waals surface area contributed by atoms with Crippen molar-refractivity contribution in [3.8, 4) is 5.75 Å². The fourth-order valence-corrected chi connectivity index (χ4v) is 3.41. The summed E-state index contributed by atoms with van der Waals surface area (Å²) in [6.07, 6.45) is 0. The number of hydrogen-bond donors (Lipinski definition) is 1. The first-order valence-electron chi connectivity index (χ1n) is 9.20. The SMILES string of the molecule is CCOc1c(N)n(CCN2CCOCC2)c2nc3ccccc3c(=O)nc12. The lowest BCUT2D eigenvalue weighted by molar-refractivity contribution is 0.0366. The molecule has 1 aliphatic rings.